The Morgan fingerprint density at radius 2 is 1.93 bits per heavy atom. The van der Waals surface area contributed by atoms with Crippen molar-refractivity contribution in [3.63, 3.8) is 0 Å². The van der Waals surface area contributed by atoms with Crippen LogP contribution in [0.4, 0.5) is 10.7 Å². The molecular formula is C19H21N7O3. The van der Waals surface area contributed by atoms with Crippen LogP contribution in [0.15, 0.2) is 30.3 Å². The molecule has 2 heterocycles. The van der Waals surface area contributed by atoms with Gasteiger partial charge in [-0.15, -0.1) is 0 Å². The van der Waals surface area contributed by atoms with Crippen LogP contribution in [-0.2, 0) is 4.79 Å². The molecule has 3 N–H and O–H groups in total. The number of carbonyl (C=O) groups is 2. The van der Waals surface area contributed by atoms with E-state index in [-0.39, 0.29) is 24.3 Å². The predicted octanol–water partition coefficient (Wildman–Crippen LogP) is 1.70. The number of amides is 3. The van der Waals surface area contributed by atoms with Gasteiger partial charge in [0.1, 0.15) is 5.75 Å². The van der Waals surface area contributed by atoms with Crippen LogP contribution in [0.5, 0.6) is 11.6 Å². The summed E-state index contributed by atoms with van der Waals surface area (Å²) in [6.07, 6.45) is 2.09. The highest BCUT2D eigenvalue weighted by Gasteiger charge is 2.15. The average molecular weight is 395 g/mol. The number of aromatic nitrogens is 2. The maximum atomic E-state index is 12.0. The van der Waals surface area contributed by atoms with E-state index < -0.39 is 6.03 Å². The van der Waals surface area contributed by atoms with Crippen molar-refractivity contribution in [2.75, 3.05) is 25.0 Å². The molecule has 3 rings (SSSR count). The molecule has 10 heteroatoms. The lowest BCUT2D eigenvalue weighted by Gasteiger charge is -2.16. The molecule has 0 unspecified atom stereocenters. The van der Waals surface area contributed by atoms with Crippen LogP contribution < -0.4 is 20.8 Å². The maximum absolute atomic E-state index is 12.0. The summed E-state index contributed by atoms with van der Waals surface area (Å²) in [6, 6.07) is 9.60. The van der Waals surface area contributed by atoms with Gasteiger partial charge in [0.25, 0.3) is 5.91 Å². The Bertz CT molecular complexity index is 918. The lowest BCUT2D eigenvalue weighted by Crippen LogP contribution is -2.46. The first-order chi connectivity index (χ1) is 14.0. The molecule has 0 spiro atoms. The Kier molecular flexibility index (Phi) is 6.55. The van der Waals surface area contributed by atoms with Crippen LogP contribution >= 0.6 is 0 Å². The number of hydrazine groups is 1. The number of nitrogens with zero attached hydrogens (tertiary/aromatic N) is 4. The van der Waals surface area contributed by atoms with E-state index in [0.29, 0.717) is 17.0 Å². The van der Waals surface area contributed by atoms with Crippen LogP contribution in [0.3, 0.4) is 0 Å². The third-order valence-corrected chi connectivity index (χ3v) is 4.06. The quantitative estimate of drug-likeness (QED) is 0.678. The van der Waals surface area contributed by atoms with Crippen molar-refractivity contribution < 1.29 is 14.3 Å². The van der Waals surface area contributed by atoms with Crippen molar-refractivity contribution in [1.82, 2.24) is 25.7 Å². The minimum Gasteiger partial charge on any atom is -0.439 e. The van der Waals surface area contributed by atoms with E-state index in [1.807, 2.05) is 11.1 Å². The standard InChI is InChI=1S/C19H21N7O3/c1-13-10-17(29-15-6-4-14(11-20)5-7-15)23-18(22-13)24-19(28)21-12-16(27)25-26-8-2-3-9-26/h4-7,10H,2-3,8-9,12H2,1H3,(H,25,27)(H2,21,22,23,24,28). The van der Waals surface area contributed by atoms with Gasteiger partial charge >= 0.3 is 6.03 Å². The normalized spacial score (nSPS) is 13.4. The molecule has 0 aliphatic carbocycles. The third kappa shape index (κ3) is 6.15. The van der Waals surface area contributed by atoms with E-state index in [9.17, 15) is 9.59 Å². The summed E-state index contributed by atoms with van der Waals surface area (Å²) in [5.41, 5.74) is 3.84. The van der Waals surface area contributed by atoms with E-state index in [1.54, 1.807) is 37.3 Å². The average Bonchev–Trinajstić information content (AvgIpc) is 3.19. The summed E-state index contributed by atoms with van der Waals surface area (Å²) < 4.78 is 5.65. The molecule has 1 aromatic carbocycles. The van der Waals surface area contributed by atoms with Crippen LogP contribution in [0.25, 0.3) is 0 Å². The molecular weight excluding hydrogens is 374 g/mol. The van der Waals surface area contributed by atoms with Crippen LogP contribution in [0.2, 0.25) is 0 Å². The molecule has 0 saturated carbocycles. The fraction of sp³-hybridized carbons (Fsp3) is 0.316. The highest BCUT2D eigenvalue weighted by molar-refractivity contribution is 5.90. The first-order valence-electron chi connectivity index (χ1n) is 9.15. The number of urea groups is 1. The van der Waals surface area contributed by atoms with Crippen LogP contribution in [-0.4, -0.2) is 46.5 Å². The third-order valence-electron chi connectivity index (χ3n) is 4.06. The highest BCUT2D eigenvalue weighted by Crippen LogP contribution is 2.21. The summed E-state index contributed by atoms with van der Waals surface area (Å²) in [5, 5.41) is 15.6. The minimum atomic E-state index is -0.600. The molecule has 1 aliphatic heterocycles. The lowest BCUT2D eigenvalue weighted by molar-refractivity contribution is -0.124. The number of nitriles is 1. The first kappa shape index (κ1) is 20.0. The number of hydrogen-bond acceptors (Lipinski definition) is 7. The monoisotopic (exact) mass is 395 g/mol. The Hall–Kier alpha value is -3.71. The molecule has 10 nitrogen and oxygen atoms in total. The number of anilines is 1. The Labute approximate surface area is 167 Å². The second kappa shape index (κ2) is 9.48. The molecule has 3 amide bonds. The molecule has 0 bridgehead atoms. The Morgan fingerprint density at radius 1 is 1.21 bits per heavy atom. The van der Waals surface area contributed by atoms with Crippen LogP contribution in [0.1, 0.15) is 24.1 Å². The smallest absolute Gasteiger partial charge is 0.322 e. The lowest BCUT2D eigenvalue weighted by atomic mass is 10.2. The van der Waals surface area contributed by atoms with Gasteiger partial charge in [-0.3, -0.25) is 15.5 Å². The van der Waals surface area contributed by atoms with Gasteiger partial charge in [-0.2, -0.15) is 10.2 Å². The van der Waals surface area contributed by atoms with Gasteiger partial charge in [0.15, 0.2) is 0 Å². The van der Waals surface area contributed by atoms with Crippen molar-refractivity contribution >= 4 is 17.9 Å². The zero-order valence-electron chi connectivity index (χ0n) is 15.9. The fourth-order valence-corrected chi connectivity index (χ4v) is 2.72. The van der Waals surface area contributed by atoms with Crippen molar-refractivity contribution in [2.24, 2.45) is 0 Å². The number of ether oxygens (including phenoxy) is 1. The molecule has 0 atom stereocenters. The van der Waals surface area contributed by atoms with E-state index >= 15 is 0 Å². The van der Waals surface area contributed by atoms with Gasteiger partial charge in [0.2, 0.25) is 11.8 Å². The number of hydrogen-bond donors (Lipinski definition) is 3. The zero-order valence-corrected chi connectivity index (χ0v) is 15.9. The number of aryl methyl sites for hydroxylation is 1. The molecule has 29 heavy (non-hydrogen) atoms. The molecule has 150 valence electrons. The van der Waals surface area contributed by atoms with Gasteiger partial charge in [0, 0.05) is 24.8 Å². The predicted molar refractivity (Wildman–Crippen MR) is 104 cm³/mol. The van der Waals surface area contributed by atoms with Crippen molar-refractivity contribution in [3.8, 4) is 17.7 Å². The van der Waals surface area contributed by atoms with Crippen LogP contribution in [0, 0.1) is 18.3 Å². The van der Waals surface area contributed by atoms with Crippen molar-refractivity contribution in [2.45, 2.75) is 19.8 Å². The van der Waals surface area contributed by atoms with Gasteiger partial charge in [0.05, 0.1) is 18.2 Å². The Morgan fingerprint density at radius 3 is 2.62 bits per heavy atom. The fourth-order valence-electron chi connectivity index (χ4n) is 2.72. The number of benzene rings is 1. The second-order valence-electron chi connectivity index (χ2n) is 6.45. The van der Waals surface area contributed by atoms with E-state index in [0.717, 1.165) is 25.9 Å². The van der Waals surface area contributed by atoms with Gasteiger partial charge < -0.3 is 10.1 Å². The second-order valence-corrected chi connectivity index (χ2v) is 6.45. The largest absolute Gasteiger partial charge is 0.439 e. The SMILES string of the molecule is Cc1cc(Oc2ccc(C#N)cc2)nc(NC(=O)NCC(=O)NN2CCCC2)n1. The molecule has 1 saturated heterocycles. The maximum Gasteiger partial charge on any atom is 0.322 e. The molecule has 1 aromatic heterocycles. The van der Waals surface area contributed by atoms with Gasteiger partial charge in [-0.25, -0.2) is 14.8 Å². The number of nitrogens with one attached hydrogen (secondary N) is 3. The summed E-state index contributed by atoms with van der Waals surface area (Å²) in [7, 11) is 0. The number of rotatable bonds is 6. The molecule has 2 aromatic rings. The summed E-state index contributed by atoms with van der Waals surface area (Å²) in [4.78, 5) is 32.2. The summed E-state index contributed by atoms with van der Waals surface area (Å²) in [5.74, 6) is 0.489. The first-order valence-corrected chi connectivity index (χ1v) is 9.15. The topological polar surface area (TPSA) is 132 Å². The van der Waals surface area contributed by atoms with E-state index in [1.165, 1.54) is 0 Å². The van der Waals surface area contributed by atoms with Crippen molar-refractivity contribution in [3.05, 3.63) is 41.6 Å². The zero-order chi connectivity index (χ0) is 20.6. The highest BCUT2D eigenvalue weighted by atomic mass is 16.5. The number of carbonyl (C=O) groups excluding carboxylic acids is 2. The van der Waals surface area contributed by atoms with E-state index in [4.69, 9.17) is 10.00 Å². The minimum absolute atomic E-state index is 0.0473. The molecule has 1 fully saturated rings. The van der Waals surface area contributed by atoms with E-state index in [2.05, 4.69) is 26.0 Å². The van der Waals surface area contributed by atoms with Crippen molar-refractivity contribution in [1.29, 1.82) is 5.26 Å². The Balaban J connectivity index is 1.53. The summed E-state index contributed by atoms with van der Waals surface area (Å²) >= 11 is 0. The summed E-state index contributed by atoms with van der Waals surface area (Å²) in [6.45, 7) is 3.21. The van der Waals surface area contributed by atoms with Gasteiger partial charge in [-0.05, 0) is 44.0 Å². The molecule has 1 aliphatic rings. The van der Waals surface area contributed by atoms with Gasteiger partial charge in [-0.1, -0.05) is 0 Å². The molecule has 0 radical (unpaired) electrons.